The molecule has 26 heavy (non-hydrogen) atoms. The highest BCUT2D eigenvalue weighted by Gasteiger charge is 2.24. The first-order chi connectivity index (χ1) is 12.5. The molecule has 1 unspecified atom stereocenters. The van der Waals surface area contributed by atoms with Gasteiger partial charge >= 0.3 is 0 Å². The molecule has 1 N–H and O–H groups in total. The van der Waals surface area contributed by atoms with E-state index in [0.29, 0.717) is 6.42 Å². The second-order valence-corrected chi connectivity index (χ2v) is 7.17. The summed E-state index contributed by atoms with van der Waals surface area (Å²) in [6.45, 7) is 3.42. The summed E-state index contributed by atoms with van der Waals surface area (Å²) < 4.78 is 10.4. The van der Waals surface area contributed by atoms with Crippen LogP contribution in [0.1, 0.15) is 42.0 Å². The SMILES string of the molecule is COCCCc1cc(CCCOC)cc(C(C)(O)Cc2ccccc2)c1. The average Bonchev–Trinajstić information content (AvgIpc) is 2.62. The van der Waals surface area contributed by atoms with Gasteiger partial charge in [-0.05, 0) is 54.9 Å². The van der Waals surface area contributed by atoms with Gasteiger partial charge in [0.1, 0.15) is 0 Å². The van der Waals surface area contributed by atoms with Crippen LogP contribution in [0.15, 0.2) is 48.5 Å². The first-order valence-corrected chi connectivity index (χ1v) is 9.42. The summed E-state index contributed by atoms with van der Waals surface area (Å²) in [6.07, 6.45) is 4.49. The number of benzene rings is 2. The number of aryl methyl sites for hydroxylation is 2. The molecular weight excluding hydrogens is 324 g/mol. The number of methoxy groups -OCH3 is 2. The zero-order valence-electron chi connectivity index (χ0n) is 16.3. The van der Waals surface area contributed by atoms with Crippen LogP contribution >= 0.6 is 0 Å². The van der Waals surface area contributed by atoms with Crippen molar-refractivity contribution < 1.29 is 14.6 Å². The summed E-state index contributed by atoms with van der Waals surface area (Å²) in [6, 6.07) is 16.7. The fraction of sp³-hybridized carbons (Fsp3) is 0.478. The van der Waals surface area contributed by atoms with Gasteiger partial charge in [0, 0.05) is 33.9 Å². The minimum Gasteiger partial charge on any atom is -0.385 e. The molecule has 0 aliphatic carbocycles. The summed E-state index contributed by atoms with van der Waals surface area (Å²) in [4.78, 5) is 0. The van der Waals surface area contributed by atoms with Gasteiger partial charge in [-0.15, -0.1) is 0 Å². The van der Waals surface area contributed by atoms with Gasteiger partial charge in [0.25, 0.3) is 0 Å². The lowest BCUT2D eigenvalue weighted by Gasteiger charge is -2.26. The predicted molar refractivity (Wildman–Crippen MR) is 107 cm³/mol. The number of hydrogen-bond donors (Lipinski definition) is 1. The lowest BCUT2D eigenvalue weighted by molar-refractivity contribution is 0.0574. The maximum Gasteiger partial charge on any atom is 0.0908 e. The summed E-state index contributed by atoms with van der Waals surface area (Å²) in [5.74, 6) is 0. The molecule has 3 heteroatoms. The second kappa shape index (κ2) is 10.5. The molecule has 0 saturated heterocycles. The summed E-state index contributed by atoms with van der Waals surface area (Å²) in [5, 5.41) is 11.2. The van der Waals surface area contributed by atoms with Crippen molar-refractivity contribution in [1.82, 2.24) is 0 Å². The Morgan fingerprint density at radius 1 is 0.808 bits per heavy atom. The molecule has 1 atom stereocenters. The third-order valence-corrected chi connectivity index (χ3v) is 4.69. The highest BCUT2D eigenvalue weighted by molar-refractivity contribution is 5.35. The average molecular weight is 357 g/mol. The summed E-state index contributed by atoms with van der Waals surface area (Å²) in [7, 11) is 3.47. The van der Waals surface area contributed by atoms with Crippen LogP contribution in [0.3, 0.4) is 0 Å². The normalized spacial score (nSPS) is 13.5. The van der Waals surface area contributed by atoms with Gasteiger partial charge in [-0.25, -0.2) is 0 Å². The number of ether oxygens (including phenoxy) is 2. The molecule has 142 valence electrons. The molecule has 3 nitrogen and oxygen atoms in total. The van der Waals surface area contributed by atoms with Crippen molar-refractivity contribution in [3.05, 3.63) is 70.8 Å². The molecule has 0 fully saturated rings. The van der Waals surface area contributed by atoms with E-state index in [2.05, 4.69) is 30.3 Å². The van der Waals surface area contributed by atoms with Crippen LogP contribution in [0.4, 0.5) is 0 Å². The Balaban J connectivity index is 2.22. The smallest absolute Gasteiger partial charge is 0.0908 e. The van der Waals surface area contributed by atoms with Crippen LogP contribution < -0.4 is 0 Å². The zero-order valence-corrected chi connectivity index (χ0v) is 16.3. The molecule has 0 radical (unpaired) electrons. The minimum absolute atomic E-state index is 0.604. The Morgan fingerprint density at radius 3 is 1.85 bits per heavy atom. The van der Waals surface area contributed by atoms with Crippen molar-refractivity contribution in [1.29, 1.82) is 0 Å². The fourth-order valence-corrected chi connectivity index (χ4v) is 3.30. The van der Waals surface area contributed by atoms with E-state index in [1.165, 1.54) is 11.1 Å². The molecule has 0 aliphatic rings. The molecule has 0 amide bonds. The molecule has 0 bridgehead atoms. The van der Waals surface area contributed by atoms with E-state index in [0.717, 1.165) is 50.0 Å². The summed E-state index contributed by atoms with van der Waals surface area (Å²) >= 11 is 0. The van der Waals surface area contributed by atoms with Gasteiger partial charge in [0.05, 0.1) is 5.60 Å². The maximum atomic E-state index is 11.2. The maximum absolute atomic E-state index is 11.2. The van der Waals surface area contributed by atoms with E-state index < -0.39 is 5.60 Å². The largest absolute Gasteiger partial charge is 0.385 e. The van der Waals surface area contributed by atoms with Crippen LogP contribution in [0.2, 0.25) is 0 Å². The zero-order chi connectivity index (χ0) is 18.8. The molecule has 0 spiro atoms. The quantitative estimate of drug-likeness (QED) is 0.610. The molecule has 0 aromatic heterocycles. The fourth-order valence-electron chi connectivity index (χ4n) is 3.30. The van der Waals surface area contributed by atoms with Crippen LogP contribution in [0, 0.1) is 0 Å². The van der Waals surface area contributed by atoms with E-state index in [4.69, 9.17) is 9.47 Å². The van der Waals surface area contributed by atoms with Crippen molar-refractivity contribution in [3.63, 3.8) is 0 Å². The molecule has 2 rings (SSSR count). The van der Waals surface area contributed by atoms with Crippen LogP contribution in [0.25, 0.3) is 0 Å². The van der Waals surface area contributed by atoms with Crippen molar-refractivity contribution in [2.75, 3.05) is 27.4 Å². The topological polar surface area (TPSA) is 38.7 Å². The van der Waals surface area contributed by atoms with Crippen molar-refractivity contribution >= 4 is 0 Å². The van der Waals surface area contributed by atoms with Crippen molar-refractivity contribution in [2.45, 2.75) is 44.6 Å². The molecule has 2 aromatic carbocycles. The Labute approximate surface area is 158 Å². The predicted octanol–water partition coefficient (Wildman–Crippen LogP) is 4.29. The molecule has 0 aliphatic heterocycles. The monoisotopic (exact) mass is 356 g/mol. The molecular formula is C23H32O3. The highest BCUT2D eigenvalue weighted by Crippen LogP contribution is 2.28. The van der Waals surface area contributed by atoms with Gasteiger partial charge < -0.3 is 14.6 Å². The van der Waals surface area contributed by atoms with Gasteiger partial charge in [0.15, 0.2) is 0 Å². The lowest BCUT2D eigenvalue weighted by Crippen LogP contribution is -2.24. The third-order valence-electron chi connectivity index (χ3n) is 4.69. The van der Waals surface area contributed by atoms with Crippen molar-refractivity contribution in [3.8, 4) is 0 Å². The van der Waals surface area contributed by atoms with E-state index in [1.807, 2.05) is 25.1 Å². The van der Waals surface area contributed by atoms with Crippen molar-refractivity contribution in [2.24, 2.45) is 0 Å². The van der Waals surface area contributed by atoms with Crippen LogP contribution in [-0.2, 0) is 34.3 Å². The number of rotatable bonds is 11. The lowest BCUT2D eigenvalue weighted by atomic mass is 9.86. The Kier molecular flexibility index (Phi) is 8.30. The Morgan fingerprint density at radius 2 is 1.35 bits per heavy atom. The van der Waals surface area contributed by atoms with Gasteiger partial charge in [0.2, 0.25) is 0 Å². The van der Waals surface area contributed by atoms with E-state index in [9.17, 15) is 5.11 Å². The van der Waals surface area contributed by atoms with Crippen LogP contribution in [-0.4, -0.2) is 32.5 Å². The first-order valence-electron chi connectivity index (χ1n) is 9.42. The van der Waals surface area contributed by atoms with Crippen LogP contribution in [0.5, 0.6) is 0 Å². The van der Waals surface area contributed by atoms with Gasteiger partial charge in [-0.1, -0.05) is 48.5 Å². The second-order valence-electron chi connectivity index (χ2n) is 7.17. The van der Waals surface area contributed by atoms with Gasteiger partial charge in [-0.2, -0.15) is 0 Å². The molecule has 0 heterocycles. The standard InChI is InChI=1S/C23H32O3/c1-23(24,18-19-9-5-4-6-10-19)22-16-20(11-7-13-25-2)15-21(17-22)12-8-14-26-3/h4-6,9-10,15-17,24H,7-8,11-14,18H2,1-3H3. The highest BCUT2D eigenvalue weighted by atomic mass is 16.5. The third kappa shape index (κ3) is 6.56. The minimum atomic E-state index is -0.894. The molecule has 2 aromatic rings. The summed E-state index contributed by atoms with van der Waals surface area (Å²) in [5.41, 5.74) is 3.77. The van der Waals surface area contributed by atoms with E-state index in [-0.39, 0.29) is 0 Å². The Bertz CT molecular complexity index is 622. The van der Waals surface area contributed by atoms with E-state index in [1.54, 1.807) is 14.2 Å². The number of hydrogen-bond acceptors (Lipinski definition) is 3. The first kappa shape index (κ1) is 20.6. The number of aliphatic hydroxyl groups is 1. The van der Waals surface area contributed by atoms with Gasteiger partial charge in [-0.3, -0.25) is 0 Å². The molecule has 0 saturated carbocycles. The van der Waals surface area contributed by atoms with E-state index >= 15 is 0 Å². The Hall–Kier alpha value is -1.68.